The number of nitrogens with zero attached hydrogens (tertiary/aromatic N) is 3. The van der Waals surface area contributed by atoms with Gasteiger partial charge in [0.05, 0.1) is 6.04 Å². The van der Waals surface area contributed by atoms with Crippen LogP contribution in [-0.4, -0.2) is 26.6 Å². The third-order valence-corrected chi connectivity index (χ3v) is 3.86. The minimum absolute atomic E-state index is 0.0167. The molecule has 1 saturated carbocycles. The van der Waals surface area contributed by atoms with Crippen LogP contribution in [0.2, 0.25) is 0 Å². The van der Waals surface area contributed by atoms with Gasteiger partial charge in [0.2, 0.25) is 5.91 Å². The van der Waals surface area contributed by atoms with Gasteiger partial charge in [0.25, 0.3) is 0 Å². The van der Waals surface area contributed by atoms with Gasteiger partial charge in [-0.3, -0.25) is 9.48 Å². The lowest BCUT2D eigenvalue weighted by Crippen LogP contribution is -2.38. The highest BCUT2D eigenvalue weighted by Crippen LogP contribution is 2.35. The Hall–Kier alpha value is -2.17. The summed E-state index contributed by atoms with van der Waals surface area (Å²) >= 11 is 0. The topological polar surface area (TPSA) is 38.1 Å². The maximum atomic E-state index is 14.0. The quantitative estimate of drug-likeness (QED) is 0.848. The molecule has 0 saturated heterocycles. The number of halogens is 1. The third kappa shape index (κ3) is 2.96. The molecule has 1 aromatic heterocycles. The Labute approximate surface area is 123 Å². The normalized spacial score (nSPS) is 15.7. The lowest BCUT2D eigenvalue weighted by atomic mass is 10.1. The van der Waals surface area contributed by atoms with Gasteiger partial charge in [-0.1, -0.05) is 18.2 Å². The second-order valence-electron chi connectivity index (χ2n) is 5.43. The zero-order chi connectivity index (χ0) is 14.8. The summed E-state index contributed by atoms with van der Waals surface area (Å²) in [6, 6.07) is 8.40. The van der Waals surface area contributed by atoms with E-state index >= 15 is 0 Å². The number of hydrogen-bond donors (Lipinski definition) is 0. The van der Waals surface area contributed by atoms with Crippen molar-refractivity contribution >= 4 is 5.91 Å². The van der Waals surface area contributed by atoms with Gasteiger partial charge in [0.15, 0.2) is 0 Å². The molecule has 1 heterocycles. The first-order chi connectivity index (χ1) is 10.2. The molecule has 0 spiro atoms. The minimum Gasteiger partial charge on any atom is -0.331 e. The van der Waals surface area contributed by atoms with Crippen LogP contribution in [-0.2, 0) is 11.3 Å². The molecule has 0 bridgehead atoms. The van der Waals surface area contributed by atoms with E-state index < -0.39 is 0 Å². The summed E-state index contributed by atoms with van der Waals surface area (Å²) in [5, 5.41) is 4.06. The van der Waals surface area contributed by atoms with Gasteiger partial charge in [-0.05, 0) is 31.9 Å². The second kappa shape index (κ2) is 5.68. The molecule has 21 heavy (non-hydrogen) atoms. The van der Waals surface area contributed by atoms with Crippen LogP contribution in [0.15, 0.2) is 42.7 Å². The fourth-order valence-electron chi connectivity index (χ4n) is 2.67. The fraction of sp³-hybridized carbons (Fsp3) is 0.375. The minimum atomic E-state index is -0.262. The Morgan fingerprint density at radius 2 is 2.19 bits per heavy atom. The van der Waals surface area contributed by atoms with Crippen molar-refractivity contribution in [1.29, 1.82) is 0 Å². The zero-order valence-corrected chi connectivity index (χ0v) is 11.9. The molecule has 5 heteroatoms. The standard InChI is InChI=1S/C16H18FN3O/c1-12(14-5-2-3-6-15(14)17)20(13-7-8-13)16(21)11-19-10-4-9-18-19/h2-6,9-10,12-13H,7-8,11H2,1H3/t12-/m1/s1. The van der Waals surface area contributed by atoms with E-state index in [9.17, 15) is 9.18 Å². The molecule has 2 aromatic rings. The molecule has 4 nitrogen and oxygen atoms in total. The lowest BCUT2D eigenvalue weighted by molar-refractivity contribution is -0.135. The smallest absolute Gasteiger partial charge is 0.245 e. The largest absolute Gasteiger partial charge is 0.331 e. The molecule has 1 amide bonds. The van der Waals surface area contributed by atoms with E-state index in [2.05, 4.69) is 5.10 Å². The number of amides is 1. The molecule has 0 unspecified atom stereocenters. The first-order valence-corrected chi connectivity index (χ1v) is 7.20. The number of carbonyl (C=O) groups is 1. The van der Waals surface area contributed by atoms with Crippen LogP contribution in [0, 0.1) is 5.82 Å². The van der Waals surface area contributed by atoms with Crippen molar-refractivity contribution in [2.24, 2.45) is 0 Å². The van der Waals surface area contributed by atoms with Crippen LogP contribution < -0.4 is 0 Å². The van der Waals surface area contributed by atoms with E-state index in [1.54, 1.807) is 46.2 Å². The van der Waals surface area contributed by atoms with Crippen molar-refractivity contribution in [2.75, 3.05) is 0 Å². The van der Waals surface area contributed by atoms with E-state index in [0.717, 1.165) is 12.8 Å². The van der Waals surface area contributed by atoms with Crippen molar-refractivity contribution in [3.63, 3.8) is 0 Å². The van der Waals surface area contributed by atoms with Crippen LogP contribution in [0.4, 0.5) is 4.39 Å². The number of hydrogen-bond acceptors (Lipinski definition) is 2. The Morgan fingerprint density at radius 1 is 1.43 bits per heavy atom. The molecule has 1 aromatic carbocycles. The number of rotatable bonds is 5. The van der Waals surface area contributed by atoms with E-state index in [4.69, 9.17) is 0 Å². The summed E-state index contributed by atoms with van der Waals surface area (Å²) < 4.78 is 15.6. The zero-order valence-electron chi connectivity index (χ0n) is 11.9. The Kier molecular flexibility index (Phi) is 3.73. The van der Waals surface area contributed by atoms with E-state index in [1.807, 2.05) is 6.92 Å². The number of benzene rings is 1. The Morgan fingerprint density at radius 3 is 2.81 bits per heavy atom. The summed E-state index contributed by atoms with van der Waals surface area (Å²) in [4.78, 5) is 14.4. The number of carbonyl (C=O) groups excluding carboxylic acids is 1. The summed E-state index contributed by atoms with van der Waals surface area (Å²) in [7, 11) is 0. The van der Waals surface area contributed by atoms with Crippen molar-refractivity contribution in [3.05, 3.63) is 54.1 Å². The predicted molar refractivity (Wildman–Crippen MR) is 76.9 cm³/mol. The van der Waals surface area contributed by atoms with Crippen molar-refractivity contribution in [1.82, 2.24) is 14.7 Å². The van der Waals surface area contributed by atoms with Gasteiger partial charge in [0.1, 0.15) is 12.4 Å². The molecule has 3 rings (SSSR count). The second-order valence-corrected chi connectivity index (χ2v) is 5.43. The molecule has 0 aliphatic heterocycles. The van der Waals surface area contributed by atoms with Gasteiger partial charge in [-0.2, -0.15) is 5.10 Å². The molecule has 0 N–H and O–H groups in total. The van der Waals surface area contributed by atoms with E-state index in [1.165, 1.54) is 6.07 Å². The van der Waals surface area contributed by atoms with Crippen LogP contribution in [0.5, 0.6) is 0 Å². The number of aromatic nitrogens is 2. The van der Waals surface area contributed by atoms with Gasteiger partial charge < -0.3 is 4.90 Å². The average molecular weight is 287 g/mol. The molecular formula is C16H18FN3O. The maximum absolute atomic E-state index is 14.0. The third-order valence-electron chi connectivity index (χ3n) is 3.86. The highest BCUT2D eigenvalue weighted by Gasteiger charge is 2.36. The van der Waals surface area contributed by atoms with Crippen LogP contribution in [0.1, 0.15) is 31.4 Å². The first kappa shape index (κ1) is 13.8. The maximum Gasteiger partial charge on any atom is 0.245 e. The monoisotopic (exact) mass is 287 g/mol. The van der Waals surface area contributed by atoms with Gasteiger partial charge in [-0.25, -0.2) is 4.39 Å². The van der Waals surface area contributed by atoms with E-state index in [-0.39, 0.29) is 30.4 Å². The molecule has 1 fully saturated rings. The average Bonchev–Trinajstić information content (AvgIpc) is 3.16. The molecule has 1 aliphatic carbocycles. The van der Waals surface area contributed by atoms with E-state index in [0.29, 0.717) is 5.56 Å². The highest BCUT2D eigenvalue weighted by atomic mass is 19.1. The highest BCUT2D eigenvalue weighted by molar-refractivity contribution is 5.77. The van der Waals surface area contributed by atoms with Gasteiger partial charge >= 0.3 is 0 Å². The summed E-state index contributed by atoms with van der Waals surface area (Å²) in [6.07, 6.45) is 5.39. The molecular weight excluding hydrogens is 269 g/mol. The van der Waals surface area contributed by atoms with Crippen molar-refractivity contribution < 1.29 is 9.18 Å². The summed E-state index contributed by atoms with van der Waals surface area (Å²) in [5.41, 5.74) is 0.568. The fourth-order valence-corrected chi connectivity index (χ4v) is 2.67. The Balaban J connectivity index is 1.81. The summed E-state index contributed by atoms with van der Waals surface area (Å²) in [6.45, 7) is 2.08. The first-order valence-electron chi connectivity index (χ1n) is 7.20. The van der Waals surface area contributed by atoms with Crippen molar-refractivity contribution in [2.45, 2.75) is 38.4 Å². The summed E-state index contributed by atoms with van der Waals surface area (Å²) in [5.74, 6) is -0.278. The van der Waals surface area contributed by atoms with Gasteiger partial charge in [0, 0.05) is 24.0 Å². The van der Waals surface area contributed by atoms with Crippen molar-refractivity contribution in [3.8, 4) is 0 Å². The van der Waals surface area contributed by atoms with Crippen LogP contribution in [0.3, 0.4) is 0 Å². The predicted octanol–water partition coefficient (Wildman–Crippen LogP) is 2.77. The molecule has 0 radical (unpaired) electrons. The molecule has 1 atom stereocenters. The lowest BCUT2D eigenvalue weighted by Gasteiger charge is -2.30. The SMILES string of the molecule is C[C@H](c1ccccc1F)N(C(=O)Cn1cccn1)C1CC1. The van der Waals surface area contributed by atoms with Gasteiger partial charge in [-0.15, -0.1) is 0 Å². The Bertz CT molecular complexity index is 622. The van der Waals surface area contributed by atoms with Crippen LogP contribution >= 0.6 is 0 Å². The molecule has 110 valence electrons. The molecule has 1 aliphatic rings. The van der Waals surface area contributed by atoms with Crippen LogP contribution in [0.25, 0.3) is 0 Å².